The topological polar surface area (TPSA) is 196 Å². The van der Waals surface area contributed by atoms with Gasteiger partial charge in [-0.1, -0.05) is 32.0 Å². The first-order chi connectivity index (χ1) is 24.1. The van der Waals surface area contributed by atoms with Gasteiger partial charge in [0.2, 0.25) is 5.60 Å². The predicted molar refractivity (Wildman–Crippen MR) is 174 cm³/mol. The van der Waals surface area contributed by atoms with Crippen molar-refractivity contribution < 1.29 is 71.8 Å². The van der Waals surface area contributed by atoms with Crippen molar-refractivity contribution in [3.63, 3.8) is 0 Å². The number of aliphatic hydroxyl groups is 1. The third kappa shape index (κ3) is 5.37. The molecule has 4 fully saturated rings. The van der Waals surface area contributed by atoms with Crippen LogP contribution in [-0.4, -0.2) is 101 Å². The maximum Gasteiger partial charge on any atom is 0.509 e. The quantitative estimate of drug-likeness (QED) is 0.261. The van der Waals surface area contributed by atoms with Crippen LogP contribution in [0.3, 0.4) is 0 Å². The molecule has 0 amide bonds. The van der Waals surface area contributed by atoms with Gasteiger partial charge in [-0.25, -0.2) is 14.4 Å². The third-order valence-electron chi connectivity index (χ3n) is 11.3. The highest BCUT2D eigenvalue weighted by Gasteiger charge is 2.83. The number of carbonyl (C=O) groups is 6. The lowest BCUT2D eigenvalue weighted by Crippen LogP contribution is -2.83. The van der Waals surface area contributed by atoms with Gasteiger partial charge in [-0.2, -0.15) is 0 Å². The van der Waals surface area contributed by atoms with Gasteiger partial charge in [0.15, 0.2) is 29.7 Å². The average molecular weight is 729 g/mol. The van der Waals surface area contributed by atoms with E-state index in [4.69, 9.17) is 37.9 Å². The number of fused-ring (bicyclic) bond motifs is 4. The number of hydrogen-bond acceptors (Lipinski definition) is 15. The van der Waals surface area contributed by atoms with Gasteiger partial charge in [-0.15, -0.1) is 0 Å². The van der Waals surface area contributed by atoms with Crippen LogP contribution in [-0.2, 0) is 52.3 Å². The molecule has 2 heterocycles. The molecule has 0 aromatic heterocycles. The SMILES string of the molecule is CC(=O)O[C@H]1C(=O)[C@@]2(C)C(C(OC(=O)c3ccccc3)[C@]34OC(=O)O[C@H]3C(O)C(C)=C1C4(C)C)[C@]1(OC(C)=O)CO[C@@H]1C[C@@H]2OC(=O)OC(C)(C)C. The van der Waals surface area contributed by atoms with Crippen molar-refractivity contribution >= 4 is 36.0 Å². The summed E-state index contributed by atoms with van der Waals surface area (Å²) in [5.41, 5.74) is -8.40. The van der Waals surface area contributed by atoms with Crippen LogP contribution in [0.4, 0.5) is 9.59 Å². The third-order valence-corrected chi connectivity index (χ3v) is 11.3. The van der Waals surface area contributed by atoms with Crippen LogP contribution in [0.5, 0.6) is 0 Å². The summed E-state index contributed by atoms with van der Waals surface area (Å²) < 4.78 is 47.7. The van der Waals surface area contributed by atoms with Gasteiger partial charge in [0.1, 0.15) is 23.9 Å². The molecule has 3 aliphatic carbocycles. The molecule has 1 N–H and O–H groups in total. The molecule has 2 bridgehead atoms. The monoisotopic (exact) mass is 728 g/mol. The highest BCUT2D eigenvalue weighted by molar-refractivity contribution is 5.96. The molecular weight excluding hydrogens is 684 g/mol. The molecule has 10 atom stereocenters. The number of ketones is 1. The van der Waals surface area contributed by atoms with E-state index >= 15 is 4.79 Å². The molecule has 2 saturated heterocycles. The van der Waals surface area contributed by atoms with Crippen LogP contribution in [0.1, 0.15) is 79.1 Å². The molecule has 2 aliphatic heterocycles. The number of aliphatic hydroxyl groups excluding tert-OH is 1. The van der Waals surface area contributed by atoms with E-state index in [0.29, 0.717) is 0 Å². The maximum atomic E-state index is 15.6. The number of Topliss-reactive ketones (excluding diaryl/α,β-unsaturated/α-hetero) is 1. The lowest BCUT2D eigenvalue weighted by molar-refractivity contribution is -0.346. The van der Waals surface area contributed by atoms with E-state index in [-0.39, 0.29) is 29.7 Å². The highest BCUT2D eigenvalue weighted by Crippen LogP contribution is 2.67. The van der Waals surface area contributed by atoms with Gasteiger partial charge in [0, 0.05) is 25.7 Å². The first-order valence-electron chi connectivity index (χ1n) is 17.1. The zero-order chi connectivity index (χ0) is 38.3. The van der Waals surface area contributed by atoms with Crippen LogP contribution >= 0.6 is 0 Å². The predicted octanol–water partition coefficient (Wildman–Crippen LogP) is 3.77. The molecule has 1 spiro atoms. The van der Waals surface area contributed by atoms with E-state index in [1.165, 1.54) is 26.0 Å². The van der Waals surface area contributed by atoms with E-state index in [2.05, 4.69) is 0 Å². The zero-order valence-electron chi connectivity index (χ0n) is 30.5. The van der Waals surface area contributed by atoms with Gasteiger partial charge >= 0.3 is 30.2 Å². The lowest BCUT2D eigenvalue weighted by Gasteiger charge is -2.67. The maximum absolute atomic E-state index is 15.6. The Hall–Kier alpha value is -4.50. The molecule has 3 unspecified atom stereocenters. The fraction of sp³-hybridized carbons (Fsp3) is 0.622. The fourth-order valence-electron chi connectivity index (χ4n) is 9.19. The lowest BCUT2D eigenvalue weighted by atomic mass is 9.44. The molecule has 15 heteroatoms. The van der Waals surface area contributed by atoms with Gasteiger partial charge in [0.25, 0.3) is 0 Å². The molecule has 1 aromatic carbocycles. The van der Waals surface area contributed by atoms with Crippen LogP contribution in [0.2, 0.25) is 0 Å². The van der Waals surface area contributed by atoms with Crippen molar-refractivity contribution in [2.45, 2.75) is 122 Å². The molecule has 52 heavy (non-hydrogen) atoms. The molecule has 282 valence electrons. The summed E-state index contributed by atoms with van der Waals surface area (Å²) in [5.74, 6) is -4.96. The number of benzene rings is 1. The van der Waals surface area contributed by atoms with Crippen LogP contribution < -0.4 is 0 Å². The van der Waals surface area contributed by atoms with E-state index in [1.54, 1.807) is 52.8 Å². The van der Waals surface area contributed by atoms with Gasteiger partial charge < -0.3 is 43.0 Å². The Morgan fingerprint density at radius 2 is 1.60 bits per heavy atom. The normalized spacial score (nSPS) is 37.2. The summed E-state index contributed by atoms with van der Waals surface area (Å²) in [6, 6.07) is 7.87. The average Bonchev–Trinajstić information content (AvgIpc) is 3.40. The van der Waals surface area contributed by atoms with Crippen molar-refractivity contribution in [2.75, 3.05) is 6.61 Å². The minimum atomic E-state index is -2.19. The van der Waals surface area contributed by atoms with Gasteiger partial charge in [-0.3, -0.25) is 14.4 Å². The summed E-state index contributed by atoms with van der Waals surface area (Å²) in [4.78, 5) is 82.5. The standard InChI is InChI=1S/C37H44O15/c1-17-23-25(46-18(2)38)27(41)35(9)21(47-31(43)51-33(4,5)6)15-22-36(16-45-22,50-19(3)39)26(35)29(48-30(42)20-13-11-10-12-14-20)37(34(23,7)8)28(24(17)40)49-32(44)52-37/h10-14,21-22,24-26,28-29,40H,15-16H2,1-9H3/t21-,22+,24?,25+,26?,28-,29?,35+,36-,37+/m0/s1. The second-order valence-corrected chi connectivity index (χ2v) is 15.8. The van der Waals surface area contributed by atoms with Crippen molar-refractivity contribution in [1.29, 1.82) is 0 Å². The molecule has 0 radical (unpaired) electrons. The molecule has 2 saturated carbocycles. The largest absolute Gasteiger partial charge is 0.509 e. The molecule has 5 aliphatic rings. The Morgan fingerprint density at radius 3 is 2.15 bits per heavy atom. The fourth-order valence-corrected chi connectivity index (χ4v) is 9.19. The number of hydrogen-bond donors (Lipinski definition) is 1. The summed E-state index contributed by atoms with van der Waals surface area (Å²) in [7, 11) is 0. The van der Waals surface area contributed by atoms with Gasteiger partial charge in [0.05, 0.1) is 23.5 Å². The summed E-state index contributed by atoms with van der Waals surface area (Å²) in [6.07, 6.45) is -11.9. The summed E-state index contributed by atoms with van der Waals surface area (Å²) in [6.45, 7) is 12.9. The van der Waals surface area contributed by atoms with Crippen molar-refractivity contribution in [3.8, 4) is 0 Å². The van der Waals surface area contributed by atoms with E-state index in [1.807, 2.05) is 0 Å². The van der Waals surface area contributed by atoms with Crippen LogP contribution in [0, 0.1) is 16.7 Å². The Morgan fingerprint density at radius 1 is 0.942 bits per heavy atom. The van der Waals surface area contributed by atoms with Crippen LogP contribution in [0.15, 0.2) is 41.5 Å². The Balaban J connectivity index is 1.71. The summed E-state index contributed by atoms with van der Waals surface area (Å²) in [5, 5.41) is 11.9. The smallest absolute Gasteiger partial charge is 0.454 e. The molecule has 1 aromatic rings. The van der Waals surface area contributed by atoms with E-state index in [9.17, 15) is 29.1 Å². The number of rotatable bonds is 5. The second-order valence-electron chi connectivity index (χ2n) is 15.8. The first kappa shape index (κ1) is 37.3. The van der Waals surface area contributed by atoms with Crippen molar-refractivity contribution in [1.82, 2.24) is 0 Å². The first-order valence-corrected chi connectivity index (χ1v) is 17.1. The number of carbonyl (C=O) groups excluding carboxylic acids is 6. The number of ether oxygens (including phenoxy) is 8. The molecule has 15 nitrogen and oxygen atoms in total. The Labute approximate surface area is 300 Å². The van der Waals surface area contributed by atoms with E-state index in [0.717, 1.165) is 13.8 Å². The highest BCUT2D eigenvalue weighted by atomic mass is 16.8. The van der Waals surface area contributed by atoms with Crippen molar-refractivity contribution in [2.24, 2.45) is 16.7 Å². The number of esters is 3. The minimum Gasteiger partial charge on any atom is -0.454 e. The summed E-state index contributed by atoms with van der Waals surface area (Å²) >= 11 is 0. The van der Waals surface area contributed by atoms with Crippen LogP contribution in [0.25, 0.3) is 0 Å². The minimum absolute atomic E-state index is 0.0553. The second kappa shape index (κ2) is 12.3. The van der Waals surface area contributed by atoms with E-state index < -0.39 is 106 Å². The molecular formula is C37H44O15. The molecule has 6 rings (SSSR count). The Kier molecular flexibility index (Phi) is 8.81. The van der Waals surface area contributed by atoms with Gasteiger partial charge in [-0.05, 0) is 57.9 Å². The Bertz CT molecular complexity index is 1740. The zero-order valence-corrected chi connectivity index (χ0v) is 30.5. The van der Waals surface area contributed by atoms with Crippen molar-refractivity contribution in [3.05, 3.63) is 47.0 Å².